The summed E-state index contributed by atoms with van der Waals surface area (Å²) in [7, 11) is 0. The zero-order chi connectivity index (χ0) is 17.3. The average molecular weight is 333 g/mol. The molecule has 1 aromatic heterocycles. The molecule has 25 heavy (non-hydrogen) atoms. The summed E-state index contributed by atoms with van der Waals surface area (Å²) in [5.41, 5.74) is 10.1. The first-order chi connectivity index (χ1) is 12.1. The van der Waals surface area contributed by atoms with Gasteiger partial charge in [0.25, 0.3) is 11.8 Å². The molecule has 3 aromatic rings. The van der Waals surface area contributed by atoms with Gasteiger partial charge in [-0.25, -0.2) is 0 Å². The number of nitrogens with zero attached hydrogens (tertiary/aromatic N) is 1. The number of aromatic nitrogens is 1. The van der Waals surface area contributed by atoms with Crippen molar-refractivity contribution in [2.45, 2.75) is 19.3 Å². The van der Waals surface area contributed by atoms with Crippen LogP contribution >= 0.6 is 0 Å². The van der Waals surface area contributed by atoms with Gasteiger partial charge in [-0.1, -0.05) is 18.2 Å². The number of benzene rings is 2. The molecule has 2 aliphatic rings. The number of rotatable bonds is 2. The highest BCUT2D eigenvalue weighted by Gasteiger charge is 2.42. The quantitative estimate of drug-likeness (QED) is 0.701. The third kappa shape index (κ3) is 1.71. The molecule has 0 spiro atoms. The van der Waals surface area contributed by atoms with Crippen molar-refractivity contribution in [2.24, 2.45) is 5.73 Å². The van der Waals surface area contributed by atoms with Gasteiger partial charge in [-0.05, 0) is 36.5 Å². The number of nitrogens with two attached hydrogens (primary N) is 1. The Morgan fingerprint density at radius 1 is 1.08 bits per heavy atom. The number of aromatic amines is 1. The molecule has 5 rings (SSSR count). The summed E-state index contributed by atoms with van der Waals surface area (Å²) in [5, 5.41) is 1.71. The Balaban J connectivity index is 1.93. The summed E-state index contributed by atoms with van der Waals surface area (Å²) >= 11 is 0. The van der Waals surface area contributed by atoms with E-state index in [9.17, 15) is 14.4 Å². The van der Waals surface area contributed by atoms with Crippen LogP contribution in [0.4, 0.5) is 0 Å². The number of hydrogen-bond donors (Lipinski definition) is 2. The maximum Gasteiger partial charge on any atom is 0.262 e. The highest BCUT2D eigenvalue weighted by molar-refractivity contribution is 6.31. The first-order valence-electron chi connectivity index (χ1n) is 8.30. The molecule has 0 saturated heterocycles. The number of para-hydroxylation sites is 1. The topological polar surface area (TPSA) is 96.3 Å². The van der Waals surface area contributed by atoms with Crippen LogP contribution < -0.4 is 5.73 Å². The number of H-pyrrole nitrogens is 1. The van der Waals surface area contributed by atoms with Crippen molar-refractivity contribution in [1.82, 2.24) is 9.88 Å². The van der Waals surface area contributed by atoms with E-state index >= 15 is 0 Å². The molecule has 1 aliphatic carbocycles. The zero-order valence-corrected chi connectivity index (χ0v) is 13.4. The van der Waals surface area contributed by atoms with Crippen molar-refractivity contribution in [2.75, 3.05) is 6.54 Å². The van der Waals surface area contributed by atoms with Gasteiger partial charge in [0.15, 0.2) is 0 Å². The Kier molecular flexibility index (Phi) is 2.67. The van der Waals surface area contributed by atoms with E-state index in [-0.39, 0.29) is 6.54 Å². The number of hydrogen-bond acceptors (Lipinski definition) is 3. The Hall–Kier alpha value is -3.15. The van der Waals surface area contributed by atoms with Gasteiger partial charge in [-0.3, -0.25) is 19.3 Å². The normalized spacial score (nSPS) is 16.1. The number of imide groups is 1. The maximum absolute atomic E-state index is 13.0. The Morgan fingerprint density at radius 2 is 1.80 bits per heavy atom. The van der Waals surface area contributed by atoms with Crippen LogP contribution in [0.25, 0.3) is 21.8 Å². The molecule has 0 saturated carbocycles. The number of carbonyl (C=O) groups excluding carboxylic acids is 3. The molecule has 0 atom stereocenters. The SMILES string of the molecule is NC(=O)CN1C(=O)c2c3c(c4[nH]c5ccccc5c4c2C1=O)CCC3. The van der Waals surface area contributed by atoms with Gasteiger partial charge in [0.05, 0.1) is 16.6 Å². The standard InChI is InChI=1S/C19H15N3O3/c20-13(23)8-22-18(24)15-9-5-3-6-10(9)17-14(16(15)19(22)25)11-4-1-2-7-12(11)21-17/h1-2,4,7,21H,3,5-6,8H2,(H2,20,23). The minimum atomic E-state index is -0.693. The predicted octanol–water partition coefficient (Wildman–Crippen LogP) is 1.89. The molecule has 3 N–H and O–H groups in total. The van der Waals surface area contributed by atoms with Gasteiger partial charge in [-0.15, -0.1) is 0 Å². The molecule has 3 amide bonds. The van der Waals surface area contributed by atoms with Crippen molar-refractivity contribution in [3.8, 4) is 0 Å². The Bertz CT molecular complexity index is 1130. The van der Waals surface area contributed by atoms with Gasteiger partial charge in [0.2, 0.25) is 5.91 Å². The minimum Gasteiger partial charge on any atom is -0.368 e. The molecular formula is C19H15N3O3. The Morgan fingerprint density at radius 3 is 2.60 bits per heavy atom. The van der Waals surface area contributed by atoms with Crippen molar-refractivity contribution in [3.05, 3.63) is 46.5 Å². The summed E-state index contributed by atoms with van der Waals surface area (Å²) < 4.78 is 0. The summed E-state index contributed by atoms with van der Waals surface area (Å²) in [5.74, 6) is -1.52. The molecule has 6 heteroatoms. The summed E-state index contributed by atoms with van der Waals surface area (Å²) in [6, 6.07) is 7.76. The fraction of sp³-hybridized carbons (Fsp3) is 0.211. The highest BCUT2D eigenvalue weighted by Crippen LogP contribution is 2.42. The fourth-order valence-corrected chi connectivity index (χ4v) is 4.31. The summed E-state index contributed by atoms with van der Waals surface area (Å²) in [6.07, 6.45) is 2.60. The second-order valence-corrected chi connectivity index (χ2v) is 6.64. The van der Waals surface area contributed by atoms with Gasteiger partial charge >= 0.3 is 0 Å². The van der Waals surface area contributed by atoms with E-state index in [4.69, 9.17) is 5.73 Å². The van der Waals surface area contributed by atoms with Crippen LogP contribution in [-0.2, 0) is 17.6 Å². The third-order valence-corrected chi connectivity index (χ3v) is 5.26. The maximum atomic E-state index is 13.0. The van der Waals surface area contributed by atoms with Crippen molar-refractivity contribution in [1.29, 1.82) is 0 Å². The van der Waals surface area contributed by atoms with E-state index in [2.05, 4.69) is 4.98 Å². The van der Waals surface area contributed by atoms with Crippen LogP contribution in [-0.4, -0.2) is 34.2 Å². The average Bonchev–Trinajstić information content (AvgIpc) is 3.25. The molecule has 0 radical (unpaired) electrons. The van der Waals surface area contributed by atoms with Crippen molar-refractivity contribution >= 4 is 39.5 Å². The molecule has 0 fully saturated rings. The highest BCUT2D eigenvalue weighted by atomic mass is 16.2. The van der Waals surface area contributed by atoms with E-state index in [1.807, 2.05) is 24.3 Å². The number of aryl methyl sites for hydroxylation is 1. The number of carbonyl (C=O) groups is 3. The second-order valence-electron chi connectivity index (χ2n) is 6.64. The van der Waals surface area contributed by atoms with Crippen LogP contribution in [0.3, 0.4) is 0 Å². The number of fused-ring (bicyclic) bond motifs is 8. The number of nitrogens with one attached hydrogen (secondary N) is 1. The molecule has 2 aromatic carbocycles. The lowest BCUT2D eigenvalue weighted by Gasteiger charge is -2.10. The van der Waals surface area contributed by atoms with E-state index in [1.165, 1.54) is 0 Å². The van der Waals surface area contributed by atoms with Crippen molar-refractivity contribution in [3.63, 3.8) is 0 Å². The van der Waals surface area contributed by atoms with E-state index in [0.29, 0.717) is 11.1 Å². The van der Waals surface area contributed by atoms with Gasteiger partial charge in [0.1, 0.15) is 6.54 Å². The molecule has 6 nitrogen and oxygen atoms in total. The molecule has 0 unspecified atom stereocenters. The van der Waals surface area contributed by atoms with Gasteiger partial charge < -0.3 is 10.7 Å². The first kappa shape index (κ1) is 14.2. The van der Waals surface area contributed by atoms with Crippen LogP contribution in [0, 0.1) is 0 Å². The molecule has 0 bridgehead atoms. The zero-order valence-electron chi connectivity index (χ0n) is 13.4. The molecule has 2 heterocycles. The Labute approximate surface area is 142 Å². The predicted molar refractivity (Wildman–Crippen MR) is 92.4 cm³/mol. The molecular weight excluding hydrogens is 318 g/mol. The van der Waals surface area contributed by atoms with Crippen molar-refractivity contribution < 1.29 is 14.4 Å². The van der Waals surface area contributed by atoms with Crippen LogP contribution in [0.2, 0.25) is 0 Å². The fourth-order valence-electron chi connectivity index (χ4n) is 4.31. The summed E-state index contributed by atoms with van der Waals surface area (Å²) in [4.78, 5) is 41.6. The lowest BCUT2D eigenvalue weighted by molar-refractivity contribution is -0.118. The second kappa shape index (κ2) is 4.69. The minimum absolute atomic E-state index is 0.384. The molecule has 124 valence electrons. The van der Waals surface area contributed by atoms with E-state index in [0.717, 1.165) is 57.1 Å². The lowest BCUT2D eigenvalue weighted by Crippen LogP contribution is -2.37. The van der Waals surface area contributed by atoms with E-state index < -0.39 is 17.7 Å². The smallest absolute Gasteiger partial charge is 0.262 e. The number of primary amides is 1. The van der Waals surface area contributed by atoms with Crippen LogP contribution in [0.1, 0.15) is 38.3 Å². The van der Waals surface area contributed by atoms with Crippen LogP contribution in [0.15, 0.2) is 24.3 Å². The summed E-state index contributed by atoms with van der Waals surface area (Å²) in [6.45, 7) is -0.384. The first-order valence-corrected chi connectivity index (χ1v) is 8.30. The monoisotopic (exact) mass is 333 g/mol. The van der Waals surface area contributed by atoms with E-state index in [1.54, 1.807) is 0 Å². The molecule has 1 aliphatic heterocycles. The van der Waals surface area contributed by atoms with Gasteiger partial charge in [-0.2, -0.15) is 0 Å². The number of amides is 3. The largest absolute Gasteiger partial charge is 0.368 e. The van der Waals surface area contributed by atoms with Gasteiger partial charge in [0, 0.05) is 16.3 Å². The third-order valence-electron chi connectivity index (χ3n) is 5.26. The lowest BCUT2D eigenvalue weighted by atomic mass is 9.94. The van der Waals surface area contributed by atoms with Crippen LogP contribution in [0.5, 0.6) is 0 Å².